The Balaban J connectivity index is 1.31. The molecule has 32 heavy (non-hydrogen) atoms. The molecule has 1 saturated carbocycles. The molecular formula is C24H30N6O2. The molecule has 0 unspecified atom stereocenters. The van der Waals surface area contributed by atoms with E-state index in [0.29, 0.717) is 17.0 Å². The summed E-state index contributed by atoms with van der Waals surface area (Å²) in [4.78, 5) is 23.2. The smallest absolute Gasteiger partial charge is 0.263 e. The summed E-state index contributed by atoms with van der Waals surface area (Å²) < 4.78 is 5.83. The Labute approximate surface area is 186 Å². The van der Waals surface area contributed by atoms with Crippen molar-refractivity contribution in [3.8, 4) is 0 Å². The van der Waals surface area contributed by atoms with Gasteiger partial charge in [-0.3, -0.25) is 14.9 Å². The van der Waals surface area contributed by atoms with Crippen molar-refractivity contribution in [2.24, 2.45) is 11.1 Å². The lowest BCUT2D eigenvalue weighted by Crippen LogP contribution is -2.51. The summed E-state index contributed by atoms with van der Waals surface area (Å²) in [5, 5.41) is 8.23. The van der Waals surface area contributed by atoms with Gasteiger partial charge in [-0.05, 0) is 50.7 Å². The number of aryl methyl sites for hydroxylation is 1. The van der Waals surface area contributed by atoms with E-state index in [9.17, 15) is 4.79 Å². The Bertz CT molecular complexity index is 1230. The molecule has 3 aromatic rings. The number of nitrogens with one attached hydrogen (secondary N) is 2. The van der Waals surface area contributed by atoms with Crippen LogP contribution in [-0.4, -0.2) is 52.0 Å². The second-order valence-corrected chi connectivity index (χ2v) is 9.98. The molecule has 1 spiro atoms. The molecule has 0 bridgehead atoms. The number of rotatable bonds is 3. The zero-order valence-electron chi connectivity index (χ0n) is 18.6. The van der Waals surface area contributed by atoms with E-state index in [1.807, 2.05) is 0 Å². The average molecular weight is 435 g/mol. The van der Waals surface area contributed by atoms with Crippen LogP contribution in [0.3, 0.4) is 0 Å². The Morgan fingerprint density at radius 2 is 1.94 bits per heavy atom. The minimum Gasteiger partial charge on any atom is -0.376 e. The highest BCUT2D eigenvalue weighted by Gasteiger charge is 2.50. The molecule has 0 amide bonds. The van der Waals surface area contributed by atoms with Gasteiger partial charge in [0.1, 0.15) is 5.39 Å². The van der Waals surface area contributed by atoms with Gasteiger partial charge in [-0.1, -0.05) is 24.3 Å². The fourth-order valence-electron chi connectivity index (χ4n) is 5.94. The molecule has 2 aliphatic heterocycles. The molecule has 1 aliphatic carbocycles. The summed E-state index contributed by atoms with van der Waals surface area (Å²) >= 11 is 0. The molecule has 6 rings (SSSR count). The van der Waals surface area contributed by atoms with Crippen LogP contribution < -0.4 is 16.2 Å². The normalized spacial score (nSPS) is 26.2. The van der Waals surface area contributed by atoms with Gasteiger partial charge in [0.2, 0.25) is 5.95 Å². The second kappa shape index (κ2) is 6.89. The highest BCUT2D eigenvalue weighted by molar-refractivity contribution is 5.80. The Kier molecular flexibility index (Phi) is 4.29. The van der Waals surface area contributed by atoms with Gasteiger partial charge in [-0.2, -0.15) is 10.1 Å². The molecule has 2 aromatic heterocycles. The molecule has 4 N–H and O–H groups in total. The molecule has 168 valence electrons. The number of H-pyrrole nitrogens is 2. The summed E-state index contributed by atoms with van der Waals surface area (Å²) in [6.45, 7) is 6.48. The van der Waals surface area contributed by atoms with E-state index in [2.05, 4.69) is 58.2 Å². The third kappa shape index (κ3) is 2.79. The number of piperidine rings is 1. The predicted molar refractivity (Wildman–Crippen MR) is 123 cm³/mol. The van der Waals surface area contributed by atoms with E-state index in [0.717, 1.165) is 51.1 Å². The van der Waals surface area contributed by atoms with Crippen LogP contribution in [0.1, 0.15) is 49.4 Å². The number of anilines is 1. The Morgan fingerprint density at radius 1 is 1.19 bits per heavy atom. The van der Waals surface area contributed by atoms with Crippen molar-refractivity contribution >= 4 is 17.0 Å². The minimum atomic E-state index is -0.164. The predicted octanol–water partition coefficient (Wildman–Crippen LogP) is 2.37. The standard InChI is InChI=1S/C24H30N6O2/c1-14-5-3-4-6-16(14)24(7-8-24)19-17-20(29-28-19)26-22(27-21(17)31)30-11-9-23(10-12-30)13-32-15(2)18(23)25/h3-6,15,18H,7-13,25H2,1-2H3,(H2,26,27,28,29,31)/t15-,18+/m0/s1. The van der Waals surface area contributed by atoms with E-state index < -0.39 is 0 Å². The monoisotopic (exact) mass is 434 g/mol. The number of aromatic amines is 2. The van der Waals surface area contributed by atoms with Gasteiger partial charge in [0.05, 0.1) is 18.4 Å². The van der Waals surface area contributed by atoms with Crippen molar-refractivity contribution in [3.05, 3.63) is 51.4 Å². The molecule has 3 fully saturated rings. The van der Waals surface area contributed by atoms with Crippen molar-refractivity contribution in [3.63, 3.8) is 0 Å². The molecular weight excluding hydrogens is 404 g/mol. The van der Waals surface area contributed by atoms with Gasteiger partial charge in [-0.25, -0.2) is 0 Å². The highest BCUT2D eigenvalue weighted by atomic mass is 16.5. The molecule has 2 atom stereocenters. The molecule has 1 aromatic carbocycles. The van der Waals surface area contributed by atoms with Gasteiger partial charge >= 0.3 is 0 Å². The van der Waals surface area contributed by atoms with Crippen LogP contribution in [-0.2, 0) is 10.2 Å². The van der Waals surface area contributed by atoms with E-state index in [-0.39, 0.29) is 28.5 Å². The van der Waals surface area contributed by atoms with E-state index in [4.69, 9.17) is 15.5 Å². The number of nitrogens with two attached hydrogens (primary N) is 1. The topological polar surface area (TPSA) is 113 Å². The lowest BCUT2D eigenvalue weighted by Gasteiger charge is -2.41. The van der Waals surface area contributed by atoms with Crippen molar-refractivity contribution in [1.82, 2.24) is 20.2 Å². The van der Waals surface area contributed by atoms with Crippen molar-refractivity contribution < 1.29 is 4.74 Å². The summed E-state index contributed by atoms with van der Waals surface area (Å²) in [7, 11) is 0. The zero-order valence-corrected chi connectivity index (χ0v) is 18.6. The van der Waals surface area contributed by atoms with Crippen LogP contribution in [0.5, 0.6) is 0 Å². The number of ether oxygens (including phenoxy) is 1. The first-order valence-corrected chi connectivity index (χ1v) is 11.6. The van der Waals surface area contributed by atoms with Crippen molar-refractivity contribution in [2.45, 2.75) is 57.1 Å². The van der Waals surface area contributed by atoms with Gasteiger partial charge in [-0.15, -0.1) is 0 Å². The molecule has 0 radical (unpaired) electrons. The molecule has 2 saturated heterocycles. The largest absolute Gasteiger partial charge is 0.376 e. The average Bonchev–Trinajstić information content (AvgIpc) is 3.40. The number of fused-ring (bicyclic) bond motifs is 1. The summed E-state index contributed by atoms with van der Waals surface area (Å²) in [5.74, 6) is 0.594. The molecule has 8 nitrogen and oxygen atoms in total. The van der Waals surface area contributed by atoms with Gasteiger partial charge in [0.25, 0.3) is 5.56 Å². The van der Waals surface area contributed by atoms with Gasteiger partial charge in [0, 0.05) is 30.0 Å². The maximum Gasteiger partial charge on any atom is 0.263 e. The van der Waals surface area contributed by atoms with E-state index in [1.165, 1.54) is 11.1 Å². The molecule has 4 heterocycles. The first-order chi connectivity index (χ1) is 15.4. The Morgan fingerprint density at radius 3 is 2.59 bits per heavy atom. The maximum atomic E-state index is 13.2. The fourth-order valence-corrected chi connectivity index (χ4v) is 5.94. The molecule has 3 aliphatic rings. The van der Waals surface area contributed by atoms with Crippen LogP contribution in [0.2, 0.25) is 0 Å². The summed E-state index contributed by atoms with van der Waals surface area (Å²) in [6, 6.07) is 8.46. The highest BCUT2D eigenvalue weighted by Crippen LogP contribution is 2.54. The third-order valence-electron chi connectivity index (χ3n) is 8.21. The number of nitrogens with zero attached hydrogens (tertiary/aromatic N) is 3. The summed E-state index contributed by atoms with van der Waals surface area (Å²) in [6.07, 6.45) is 3.97. The zero-order chi connectivity index (χ0) is 22.1. The fraction of sp³-hybridized carbons (Fsp3) is 0.542. The number of aromatic nitrogens is 4. The van der Waals surface area contributed by atoms with Crippen LogP contribution in [0.15, 0.2) is 29.1 Å². The molecule has 8 heteroatoms. The lowest BCUT2D eigenvalue weighted by atomic mass is 9.73. The number of benzene rings is 1. The third-order valence-corrected chi connectivity index (χ3v) is 8.21. The van der Waals surface area contributed by atoms with Crippen LogP contribution in [0.4, 0.5) is 5.95 Å². The van der Waals surface area contributed by atoms with Crippen molar-refractivity contribution in [1.29, 1.82) is 0 Å². The van der Waals surface area contributed by atoms with Gasteiger partial charge < -0.3 is 15.4 Å². The number of hydrogen-bond acceptors (Lipinski definition) is 6. The maximum absolute atomic E-state index is 13.2. The van der Waals surface area contributed by atoms with Gasteiger partial charge in [0.15, 0.2) is 5.65 Å². The second-order valence-electron chi connectivity index (χ2n) is 9.98. The minimum absolute atomic E-state index is 0.0334. The number of hydrogen-bond donors (Lipinski definition) is 3. The first kappa shape index (κ1) is 19.9. The summed E-state index contributed by atoms with van der Waals surface area (Å²) in [5.41, 5.74) is 10.1. The first-order valence-electron chi connectivity index (χ1n) is 11.6. The Hall–Kier alpha value is -2.71. The van der Waals surface area contributed by atoms with E-state index >= 15 is 0 Å². The van der Waals surface area contributed by atoms with Crippen LogP contribution >= 0.6 is 0 Å². The van der Waals surface area contributed by atoms with Crippen molar-refractivity contribution in [2.75, 3.05) is 24.6 Å². The van der Waals surface area contributed by atoms with Crippen LogP contribution in [0, 0.1) is 12.3 Å². The SMILES string of the molecule is Cc1ccccc1C1(c2[nH]nc3nc(N4CCC5(CC4)CO[C@@H](C)[C@H]5N)[nH]c(=O)c23)CC1. The van der Waals surface area contributed by atoms with Crippen LogP contribution in [0.25, 0.3) is 11.0 Å². The van der Waals surface area contributed by atoms with E-state index in [1.54, 1.807) is 0 Å². The lowest BCUT2D eigenvalue weighted by molar-refractivity contribution is 0.0973. The quantitative estimate of drug-likeness (QED) is 0.583.